The summed E-state index contributed by atoms with van der Waals surface area (Å²) in [5.41, 5.74) is 0. The van der Waals surface area contributed by atoms with Crippen LogP contribution in [0.4, 0.5) is 0 Å². The zero-order chi connectivity index (χ0) is 18.1. The monoisotopic (exact) mass is 364 g/mol. The summed E-state index contributed by atoms with van der Waals surface area (Å²) in [5, 5.41) is 7.42. The summed E-state index contributed by atoms with van der Waals surface area (Å²) < 4.78 is 0. The van der Waals surface area contributed by atoms with Gasteiger partial charge >= 0.3 is 0 Å². The highest BCUT2D eigenvalue weighted by Gasteiger charge is 2.29. The quantitative estimate of drug-likeness (QED) is 0.395. The smallest absolute Gasteiger partial charge is 0.223 e. The van der Waals surface area contributed by atoms with Gasteiger partial charge in [-0.05, 0) is 63.5 Å². The first-order valence-electron chi connectivity index (χ1n) is 10.1. The Hall–Kier alpha value is -0.740. The van der Waals surface area contributed by atoms with Crippen molar-refractivity contribution in [3.05, 3.63) is 23.6 Å². The molecule has 1 saturated carbocycles. The summed E-state index contributed by atoms with van der Waals surface area (Å²) in [5.74, 6) is 1.40. The van der Waals surface area contributed by atoms with Crippen molar-refractivity contribution in [2.75, 3.05) is 19.6 Å². The normalized spacial score (nSPS) is 23.3. The van der Waals surface area contributed by atoms with Gasteiger partial charge in [0.1, 0.15) is 0 Å². The molecule has 0 aromatic rings. The minimum atomic E-state index is 0.120. The molecule has 3 atom stereocenters. The first-order chi connectivity index (χ1) is 12.1. The van der Waals surface area contributed by atoms with Gasteiger partial charge in [-0.1, -0.05) is 39.0 Å². The standard InChI is InChI=1S/C21H36N2OS/c1-4-6-12-23-21(24)20(14-17-11-13-22-15-17)16(3)7-8-18(5-2)25-19-9-10-19/h5,8,16-17,19-20,22H,2,4,6-7,9-15H2,1,3H3,(H,23,24)/b18-8+. The highest BCUT2D eigenvalue weighted by molar-refractivity contribution is 8.04. The van der Waals surface area contributed by atoms with Gasteiger partial charge in [0.15, 0.2) is 0 Å². The lowest BCUT2D eigenvalue weighted by Gasteiger charge is -2.25. The number of hydrogen-bond acceptors (Lipinski definition) is 3. The number of thioether (sulfide) groups is 1. The molecule has 0 aromatic heterocycles. The van der Waals surface area contributed by atoms with Gasteiger partial charge in [-0.2, -0.15) is 0 Å². The van der Waals surface area contributed by atoms with E-state index >= 15 is 0 Å². The second-order valence-corrected chi connectivity index (χ2v) is 9.06. The minimum Gasteiger partial charge on any atom is -0.356 e. The van der Waals surface area contributed by atoms with Crippen molar-refractivity contribution in [3.63, 3.8) is 0 Å². The molecule has 25 heavy (non-hydrogen) atoms. The molecule has 4 heteroatoms. The molecule has 1 aliphatic heterocycles. The van der Waals surface area contributed by atoms with Crippen molar-refractivity contribution in [2.45, 2.75) is 64.0 Å². The Labute approximate surface area is 158 Å². The van der Waals surface area contributed by atoms with E-state index in [1.165, 1.54) is 24.2 Å². The molecule has 142 valence electrons. The van der Waals surface area contributed by atoms with E-state index < -0.39 is 0 Å². The molecule has 0 bridgehead atoms. The van der Waals surface area contributed by atoms with Crippen LogP contribution in [0.5, 0.6) is 0 Å². The molecule has 1 amide bonds. The molecule has 2 fully saturated rings. The Morgan fingerprint density at radius 1 is 1.40 bits per heavy atom. The fraction of sp³-hybridized carbons (Fsp3) is 0.762. The first-order valence-corrected chi connectivity index (χ1v) is 11.0. The van der Waals surface area contributed by atoms with Crippen LogP contribution in [0.15, 0.2) is 23.6 Å². The third-order valence-electron chi connectivity index (χ3n) is 5.32. The van der Waals surface area contributed by atoms with Crippen LogP contribution in [-0.2, 0) is 4.79 Å². The van der Waals surface area contributed by atoms with E-state index in [4.69, 9.17) is 0 Å². The number of carbonyl (C=O) groups is 1. The number of nitrogens with one attached hydrogen (secondary N) is 2. The van der Waals surface area contributed by atoms with Gasteiger partial charge in [0.2, 0.25) is 5.91 Å². The van der Waals surface area contributed by atoms with Crippen molar-refractivity contribution in [1.82, 2.24) is 10.6 Å². The molecule has 0 aromatic carbocycles. The van der Waals surface area contributed by atoms with Crippen LogP contribution in [0.25, 0.3) is 0 Å². The Morgan fingerprint density at radius 2 is 2.20 bits per heavy atom. The maximum Gasteiger partial charge on any atom is 0.223 e. The molecular weight excluding hydrogens is 328 g/mol. The molecule has 3 unspecified atom stereocenters. The van der Waals surface area contributed by atoms with Gasteiger partial charge in [0.25, 0.3) is 0 Å². The maximum absolute atomic E-state index is 12.8. The SMILES string of the molecule is C=C/C(=C\CC(C)C(CC1CCNC1)C(=O)NCCCC)SC1CC1. The predicted octanol–water partition coefficient (Wildman–Crippen LogP) is 4.51. The topological polar surface area (TPSA) is 41.1 Å². The zero-order valence-electron chi connectivity index (χ0n) is 16.1. The van der Waals surface area contributed by atoms with E-state index in [0.717, 1.165) is 50.6 Å². The summed E-state index contributed by atoms with van der Waals surface area (Å²) in [6, 6.07) is 0. The van der Waals surface area contributed by atoms with Crippen molar-refractivity contribution in [2.24, 2.45) is 17.8 Å². The number of rotatable bonds is 12. The molecule has 3 nitrogen and oxygen atoms in total. The molecule has 0 radical (unpaired) electrons. The Balaban J connectivity index is 1.91. The molecule has 1 saturated heterocycles. The average Bonchev–Trinajstić information content (AvgIpc) is 3.28. The number of allylic oxidation sites excluding steroid dienone is 2. The van der Waals surface area contributed by atoms with Crippen LogP contribution in [0.1, 0.15) is 58.8 Å². The number of hydrogen-bond donors (Lipinski definition) is 2. The van der Waals surface area contributed by atoms with Crippen LogP contribution in [0, 0.1) is 17.8 Å². The van der Waals surface area contributed by atoms with E-state index in [9.17, 15) is 4.79 Å². The van der Waals surface area contributed by atoms with Gasteiger partial charge in [-0.25, -0.2) is 0 Å². The molecule has 1 heterocycles. The fourth-order valence-corrected chi connectivity index (χ4v) is 4.46. The molecule has 2 aliphatic rings. The highest BCUT2D eigenvalue weighted by atomic mass is 32.2. The Bertz CT molecular complexity index is 453. The summed E-state index contributed by atoms with van der Waals surface area (Å²) >= 11 is 1.96. The molecule has 2 rings (SSSR count). The lowest BCUT2D eigenvalue weighted by atomic mass is 9.82. The van der Waals surface area contributed by atoms with Gasteiger partial charge < -0.3 is 10.6 Å². The van der Waals surface area contributed by atoms with Gasteiger partial charge in [-0.15, -0.1) is 11.8 Å². The summed E-state index contributed by atoms with van der Waals surface area (Å²) in [7, 11) is 0. The van der Waals surface area contributed by atoms with Crippen molar-refractivity contribution in [1.29, 1.82) is 0 Å². The van der Waals surface area contributed by atoms with E-state index in [1.807, 2.05) is 17.8 Å². The van der Waals surface area contributed by atoms with Crippen LogP contribution in [0.2, 0.25) is 0 Å². The van der Waals surface area contributed by atoms with Gasteiger partial charge in [0.05, 0.1) is 0 Å². The largest absolute Gasteiger partial charge is 0.356 e. The number of unbranched alkanes of at least 4 members (excludes halogenated alkanes) is 1. The number of carbonyl (C=O) groups excluding carboxylic acids is 1. The first kappa shape index (κ1) is 20.6. The highest BCUT2D eigenvalue weighted by Crippen LogP contribution is 2.39. The molecule has 1 aliphatic carbocycles. The Kier molecular flexibility index (Phi) is 9.11. The fourth-order valence-electron chi connectivity index (χ4n) is 3.42. The molecule has 2 N–H and O–H groups in total. The van der Waals surface area contributed by atoms with Crippen molar-refractivity contribution >= 4 is 17.7 Å². The third-order valence-corrected chi connectivity index (χ3v) is 6.73. The van der Waals surface area contributed by atoms with Gasteiger partial charge in [-0.3, -0.25) is 4.79 Å². The zero-order valence-corrected chi connectivity index (χ0v) is 16.9. The minimum absolute atomic E-state index is 0.120. The number of amides is 1. The summed E-state index contributed by atoms with van der Waals surface area (Å²) in [6.45, 7) is 11.3. The van der Waals surface area contributed by atoms with Crippen LogP contribution >= 0.6 is 11.8 Å². The maximum atomic E-state index is 12.8. The second kappa shape index (κ2) is 11.1. The predicted molar refractivity (Wildman–Crippen MR) is 110 cm³/mol. The van der Waals surface area contributed by atoms with E-state index in [1.54, 1.807) is 0 Å². The lowest BCUT2D eigenvalue weighted by Crippen LogP contribution is -2.36. The van der Waals surface area contributed by atoms with Crippen LogP contribution in [0.3, 0.4) is 0 Å². The summed E-state index contributed by atoms with van der Waals surface area (Å²) in [4.78, 5) is 14.1. The molecule has 0 spiro atoms. The third kappa shape index (κ3) is 7.57. The van der Waals surface area contributed by atoms with E-state index in [2.05, 4.69) is 37.1 Å². The van der Waals surface area contributed by atoms with Crippen LogP contribution in [-0.4, -0.2) is 30.8 Å². The van der Waals surface area contributed by atoms with E-state index in [-0.39, 0.29) is 11.8 Å². The van der Waals surface area contributed by atoms with Crippen molar-refractivity contribution in [3.8, 4) is 0 Å². The average molecular weight is 365 g/mol. The van der Waals surface area contributed by atoms with Gasteiger partial charge in [0, 0.05) is 22.6 Å². The van der Waals surface area contributed by atoms with Crippen molar-refractivity contribution < 1.29 is 4.79 Å². The Morgan fingerprint density at radius 3 is 2.80 bits per heavy atom. The second-order valence-electron chi connectivity index (χ2n) is 7.69. The molecular formula is C21H36N2OS. The van der Waals surface area contributed by atoms with E-state index in [0.29, 0.717) is 11.8 Å². The summed E-state index contributed by atoms with van der Waals surface area (Å²) in [6.07, 6.45) is 12.3. The van der Waals surface area contributed by atoms with Crippen LogP contribution < -0.4 is 10.6 Å². The lowest BCUT2D eigenvalue weighted by molar-refractivity contribution is -0.127.